The lowest BCUT2D eigenvalue weighted by Gasteiger charge is -2.16. The van der Waals surface area contributed by atoms with Crippen LogP contribution < -0.4 is 10.0 Å². The van der Waals surface area contributed by atoms with E-state index in [2.05, 4.69) is 10.0 Å². The molecule has 0 bridgehead atoms. The lowest BCUT2D eigenvalue weighted by molar-refractivity contribution is 0.102. The van der Waals surface area contributed by atoms with Gasteiger partial charge < -0.3 is 5.32 Å². The van der Waals surface area contributed by atoms with E-state index < -0.39 is 10.0 Å². The number of benzene rings is 3. The number of rotatable bonds is 6. The van der Waals surface area contributed by atoms with Gasteiger partial charge in [-0.05, 0) is 99.5 Å². The molecule has 0 saturated heterocycles. The van der Waals surface area contributed by atoms with Crippen LogP contribution in [-0.2, 0) is 16.6 Å². The van der Waals surface area contributed by atoms with Gasteiger partial charge >= 0.3 is 0 Å². The summed E-state index contributed by atoms with van der Waals surface area (Å²) in [5.74, 6) is -0.196. The van der Waals surface area contributed by atoms with Crippen LogP contribution in [0.1, 0.15) is 54.9 Å². The molecule has 33 heavy (non-hydrogen) atoms. The Morgan fingerprint density at radius 2 is 1.27 bits per heavy atom. The van der Waals surface area contributed by atoms with Crippen molar-refractivity contribution in [2.75, 3.05) is 5.32 Å². The van der Waals surface area contributed by atoms with E-state index in [1.807, 2.05) is 66.7 Å². The molecule has 3 aromatic rings. The van der Waals surface area contributed by atoms with Gasteiger partial charge in [-0.25, -0.2) is 13.1 Å². The topological polar surface area (TPSA) is 75.3 Å². The standard InChI is InChI=1S/C27H32N2O3S/c1-16-12-19(4)25(20(5)13-16)29-27(30)24-10-8-23(9-11-24)15-28-33(31,32)26-21(6)17(2)14-18(3)22(26)7/h8-14,28H,15H2,1-7H3,(H,29,30). The molecule has 174 valence electrons. The minimum absolute atomic E-state index is 0.145. The first kappa shape index (κ1) is 24.7. The van der Waals surface area contributed by atoms with Crippen molar-refractivity contribution in [2.24, 2.45) is 0 Å². The quantitative estimate of drug-likeness (QED) is 0.500. The van der Waals surface area contributed by atoms with Gasteiger partial charge in [0.25, 0.3) is 5.91 Å². The summed E-state index contributed by atoms with van der Waals surface area (Å²) in [6.07, 6.45) is 0. The molecule has 0 aromatic heterocycles. The summed E-state index contributed by atoms with van der Waals surface area (Å²) in [4.78, 5) is 13.1. The van der Waals surface area contributed by atoms with Crippen molar-refractivity contribution < 1.29 is 13.2 Å². The Labute approximate surface area is 197 Å². The minimum Gasteiger partial charge on any atom is -0.322 e. The van der Waals surface area contributed by atoms with Gasteiger partial charge in [-0.1, -0.05) is 35.9 Å². The number of carbonyl (C=O) groups excluding carboxylic acids is 1. The number of carbonyl (C=O) groups is 1. The molecule has 1 amide bonds. The van der Waals surface area contributed by atoms with Gasteiger partial charge in [0, 0.05) is 17.8 Å². The largest absolute Gasteiger partial charge is 0.322 e. The highest BCUT2D eigenvalue weighted by Gasteiger charge is 2.22. The summed E-state index contributed by atoms with van der Waals surface area (Å²) >= 11 is 0. The Morgan fingerprint density at radius 1 is 0.758 bits per heavy atom. The van der Waals surface area contributed by atoms with E-state index in [-0.39, 0.29) is 12.5 Å². The maximum Gasteiger partial charge on any atom is 0.255 e. The molecule has 0 radical (unpaired) electrons. The molecule has 0 heterocycles. The fourth-order valence-corrected chi connectivity index (χ4v) is 5.80. The van der Waals surface area contributed by atoms with E-state index in [0.717, 1.165) is 50.2 Å². The monoisotopic (exact) mass is 464 g/mol. The second kappa shape index (κ2) is 9.49. The molecule has 3 aromatic carbocycles. The number of aryl methyl sites for hydroxylation is 5. The fourth-order valence-electron chi connectivity index (χ4n) is 4.17. The van der Waals surface area contributed by atoms with Crippen molar-refractivity contribution >= 4 is 21.6 Å². The third-order valence-corrected chi connectivity index (χ3v) is 7.84. The number of amides is 1. The normalized spacial score (nSPS) is 11.5. The maximum atomic E-state index is 13.0. The summed E-state index contributed by atoms with van der Waals surface area (Å²) in [5, 5.41) is 2.99. The van der Waals surface area contributed by atoms with Crippen molar-refractivity contribution in [1.82, 2.24) is 4.72 Å². The van der Waals surface area contributed by atoms with Crippen LogP contribution in [0, 0.1) is 48.5 Å². The van der Waals surface area contributed by atoms with Crippen LogP contribution in [-0.4, -0.2) is 14.3 Å². The highest BCUT2D eigenvalue weighted by Crippen LogP contribution is 2.26. The van der Waals surface area contributed by atoms with E-state index in [9.17, 15) is 13.2 Å². The average Bonchev–Trinajstić information content (AvgIpc) is 2.73. The Balaban J connectivity index is 1.74. The molecule has 3 rings (SSSR count). The van der Waals surface area contributed by atoms with Gasteiger partial charge in [-0.3, -0.25) is 4.79 Å². The van der Waals surface area contributed by atoms with Gasteiger partial charge in [0.1, 0.15) is 0 Å². The summed E-state index contributed by atoms with van der Waals surface area (Å²) in [7, 11) is -3.67. The first-order valence-electron chi connectivity index (χ1n) is 11.0. The SMILES string of the molecule is Cc1cc(C)c(NC(=O)c2ccc(CNS(=O)(=O)c3c(C)c(C)cc(C)c3C)cc2)c(C)c1. The summed E-state index contributed by atoms with van der Waals surface area (Å²) < 4.78 is 28.8. The molecule has 0 atom stereocenters. The Kier molecular flexibility index (Phi) is 7.10. The molecule has 0 unspecified atom stereocenters. The molecular weight excluding hydrogens is 432 g/mol. The van der Waals surface area contributed by atoms with Crippen LogP contribution >= 0.6 is 0 Å². The first-order valence-corrected chi connectivity index (χ1v) is 12.4. The predicted molar refractivity (Wildman–Crippen MR) is 134 cm³/mol. The van der Waals surface area contributed by atoms with Crippen LogP contribution in [0.15, 0.2) is 47.4 Å². The summed E-state index contributed by atoms with van der Waals surface area (Å²) in [6, 6.07) is 13.1. The summed E-state index contributed by atoms with van der Waals surface area (Å²) in [5.41, 5.74) is 8.73. The first-order chi connectivity index (χ1) is 15.4. The van der Waals surface area contributed by atoms with Gasteiger partial charge in [0.2, 0.25) is 10.0 Å². The zero-order valence-electron chi connectivity index (χ0n) is 20.4. The van der Waals surface area contributed by atoms with E-state index in [4.69, 9.17) is 0 Å². The van der Waals surface area contributed by atoms with Gasteiger partial charge in [0.05, 0.1) is 4.90 Å². The van der Waals surface area contributed by atoms with Crippen LogP contribution in [0.25, 0.3) is 0 Å². The van der Waals surface area contributed by atoms with Crippen molar-refractivity contribution in [3.8, 4) is 0 Å². The van der Waals surface area contributed by atoms with Crippen LogP contribution in [0.3, 0.4) is 0 Å². The second-order valence-corrected chi connectivity index (χ2v) is 10.5. The van der Waals surface area contributed by atoms with Gasteiger partial charge in [-0.2, -0.15) is 0 Å². The smallest absolute Gasteiger partial charge is 0.255 e. The number of anilines is 1. The van der Waals surface area contributed by atoms with Crippen LogP contribution in [0.4, 0.5) is 5.69 Å². The van der Waals surface area contributed by atoms with Crippen molar-refractivity contribution in [3.63, 3.8) is 0 Å². The molecule has 0 aliphatic heterocycles. The second-order valence-electron chi connectivity index (χ2n) is 8.84. The molecule has 2 N–H and O–H groups in total. The predicted octanol–water partition coefficient (Wildman–Crippen LogP) is 5.58. The lowest BCUT2D eigenvalue weighted by Crippen LogP contribution is -2.25. The third kappa shape index (κ3) is 5.34. The van der Waals surface area contributed by atoms with Gasteiger partial charge in [-0.15, -0.1) is 0 Å². The molecule has 0 saturated carbocycles. The molecule has 0 fully saturated rings. The minimum atomic E-state index is -3.67. The number of nitrogens with one attached hydrogen (secondary N) is 2. The molecule has 0 spiro atoms. The number of hydrogen-bond acceptors (Lipinski definition) is 3. The van der Waals surface area contributed by atoms with Crippen LogP contribution in [0.2, 0.25) is 0 Å². The fraction of sp³-hybridized carbons (Fsp3) is 0.296. The molecule has 6 heteroatoms. The van der Waals surface area contributed by atoms with Crippen molar-refractivity contribution in [2.45, 2.75) is 59.9 Å². The highest BCUT2D eigenvalue weighted by molar-refractivity contribution is 7.89. The van der Waals surface area contributed by atoms with Crippen LogP contribution in [0.5, 0.6) is 0 Å². The number of hydrogen-bond donors (Lipinski definition) is 2. The molecule has 0 aliphatic carbocycles. The van der Waals surface area contributed by atoms with E-state index in [0.29, 0.717) is 10.5 Å². The molecular formula is C27H32N2O3S. The van der Waals surface area contributed by atoms with Crippen molar-refractivity contribution in [3.05, 3.63) is 92.5 Å². The maximum absolute atomic E-state index is 13.0. The average molecular weight is 465 g/mol. The zero-order chi connectivity index (χ0) is 24.5. The Bertz CT molecular complexity index is 1280. The van der Waals surface area contributed by atoms with E-state index in [1.54, 1.807) is 24.3 Å². The summed E-state index contributed by atoms with van der Waals surface area (Å²) in [6.45, 7) is 13.6. The Hall–Kier alpha value is -2.96. The van der Waals surface area contributed by atoms with Gasteiger partial charge in [0.15, 0.2) is 0 Å². The van der Waals surface area contributed by atoms with Crippen molar-refractivity contribution in [1.29, 1.82) is 0 Å². The highest BCUT2D eigenvalue weighted by atomic mass is 32.2. The lowest BCUT2D eigenvalue weighted by atomic mass is 10.0. The number of sulfonamides is 1. The third-order valence-electron chi connectivity index (χ3n) is 6.16. The molecule has 5 nitrogen and oxygen atoms in total. The van der Waals surface area contributed by atoms with E-state index in [1.165, 1.54) is 0 Å². The molecule has 0 aliphatic rings. The Morgan fingerprint density at radius 3 is 1.79 bits per heavy atom. The van der Waals surface area contributed by atoms with E-state index >= 15 is 0 Å². The zero-order valence-corrected chi connectivity index (χ0v) is 21.2.